The average molecular weight is 250 g/mol. The number of anilines is 1. The number of halogens is 1. The van der Waals surface area contributed by atoms with Crippen LogP contribution in [-0.2, 0) is 0 Å². The predicted molar refractivity (Wildman–Crippen MR) is 70.5 cm³/mol. The summed E-state index contributed by atoms with van der Waals surface area (Å²) in [5.74, 6) is 0. The van der Waals surface area contributed by atoms with Crippen molar-refractivity contribution >= 4 is 17.3 Å². The molecule has 1 fully saturated rings. The lowest BCUT2D eigenvalue weighted by atomic mass is 10.1. The van der Waals surface area contributed by atoms with Crippen LogP contribution < -0.4 is 4.90 Å². The Hall–Kier alpha value is -1.24. The van der Waals surface area contributed by atoms with Gasteiger partial charge in [0.2, 0.25) is 0 Å². The van der Waals surface area contributed by atoms with Crippen molar-refractivity contribution < 1.29 is 0 Å². The van der Waals surface area contributed by atoms with Crippen molar-refractivity contribution in [2.24, 2.45) is 0 Å². The summed E-state index contributed by atoms with van der Waals surface area (Å²) in [7, 11) is 2.13. The van der Waals surface area contributed by atoms with Crippen LogP contribution in [-0.4, -0.2) is 38.1 Å². The largest absolute Gasteiger partial charge is 0.369 e. The highest BCUT2D eigenvalue weighted by Gasteiger charge is 2.16. The first kappa shape index (κ1) is 12.2. The fraction of sp³-hybridized carbons (Fsp3) is 0.462. The second kappa shape index (κ2) is 5.39. The number of hydrogen-bond acceptors (Lipinski definition) is 3. The zero-order chi connectivity index (χ0) is 12.3. The van der Waals surface area contributed by atoms with Crippen LogP contribution in [0.25, 0.3) is 0 Å². The van der Waals surface area contributed by atoms with Crippen LogP contribution in [0.15, 0.2) is 18.2 Å². The Balaban J connectivity index is 2.28. The van der Waals surface area contributed by atoms with E-state index in [1.807, 2.05) is 12.1 Å². The van der Waals surface area contributed by atoms with Gasteiger partial charge in [0.1, 0.15) is 6.07 Å². The van der Waals surface area contributed by atoms with Gasteiger partial charge in [-0.15, -0.1) is 0 Å². The molecule has 3 nitrogen and oxygen atoms in total. The minimum atomic E-state index is 0.544. The summed E-state index contributed by atoms with van der Waals surface area (Å²) in [6.07, 6.45) is 1.12. The normalized spacial score (nSPS) is 17.6. The molecule has 0 amide bonds. The molecule has 90 valence electrons. The Bertz CT molecular complexity index is 439. The molecule has 17 heavy (non-hydrogen) atoms. The topological polar surface area (TPSA) is 30.3 Å². The van der Waals surface area contributed by atoms with Crippen LogP contribution in [0.3, 0.4) is 0 Å². The number of likely N-dealkylation sites (N-methyl/N-ethyl adjacent to an activating group) is 1. The molecule has 1 aromatic carbocycles. The van der Waals surface area contributed by atoms with Gasteiger partial charge in [-0.2, -0.15) is 5.26 Å². The molecule has 0 radical (unpaired) electrons. The molecule has 1 aliphatic rings. The highest BCUT2D eigenvalue weighted by Crippen LogP contribution is 2.27. The van der Waals surface area contributed by atoms with Crippen molar-refractivity contribution in [3.05, 3.63) is 28.8 Å². The zero-order valence-electron chi connectivity index (χ0n) is 9.99. The highest BCUT2D eigenvalue weighted by atomic mass is 35.5. The van der Waals surface area contributed by atoms with Gasteiger partial charge in [-0.05, 0) is 32.1 Å². The van der Waals surface area contributed by atoms with Crippen LogP contribution in [0.4, 0.5) is 5.69 Å². The zero-order valence-corrected chi connectivity index (χ0v) is 10.7. The minimum absolute atomic E-state index is 0.544. The Morgan fingerprint density at radius 1 is 1.24 bits per heavy atom. The Kier molecular flexibility index (Phi) is 3.88. The van der Waals surface area contributed by atoms with E-state index in [1.54, 1.807) is 6.07 Å². The molecule has 0 bridgehead atoms. The van der Waals surface area contributed by atoms with Gasteiger partial charge in [-0.3, -0.25) is 0 Å². The lowest BCUT2D eigenvalue weighted by Crippen LogP contribution is -2.29. The Morgan fingerprint density at radius 2 is 2.06 bits per heavy atom. The van der Waals surface area contributed by atoms with Gasteiger partial charge in [-0.1, -0.05) is 17.7 Å². The molecule has 0 saturated carbocycles. The number of rotatable bonds is 1. The maximum atomic E-state index is 9.18. The van der Waals surface area contributed by atoms with Gasteiger partial charge in [0.15, 0.2) is 0 Å². The van der Waals surface area contributed by atoms with Gasteiger partial charge >= 0.3 is 0 Å². The van der Waals surface area contributed by atoms with E-state index in [4.69, 9.17) is 11.6 Å². The number of nitrogens with zero attached hydrogens (tertiary/aromatic N) is 3. The average Bonchev–Trinajstić information content (AvgIpc) is 2.54. The third-order valence-electron chi connectivity index (χ3n) is 3.16. The molecule has 0 aromatic heterocycles. The van der Waals surface area contributed by atoms with Crippen LogP contribution in [0.1, 0.15) is 12.0 Å². The quantitative estimate of drug-likeness (QED) is 0.766. The number of nitriles is 1. The first-order valence-corrected chi connectivity index (χ1v) is 6.22. The van der Waals surface area contributed by atoms with E-state index in [0.717, 1.165) is 38.3 Å². The number of benzene rings is 1. The van der Waals surface area contributed by atoms with Crippen molar-refractivity contribution in [1.82, 2.24) is 4.90 Å². The lowest BCUT2D eigenvalue weighted by molar-refractivity contribution is 0.360. The van der Waals surface area contributed by atoms with E-state index in [-0.39, 0.29) is 0 Å². The molecular weight excluding hydrogens is 234 g/mol. The molecule has 1 heterocycles. The van der Waals surface area contributed by atoms with E-state index in [1.165, 1.54) is 0 Å². The van der Waals surface area contributed by atoms with E-state index < -0.39 is 0 Å². The maximum absolute atomic E-state index is 9.18. The van der Waals surface area contributed by atoms with Crippen molar-refractivity contribution in [2.45, 2.75) is 6.42 Å². The Morgan fingerprint density at radius 3 is 2.82 bits per heavy atom. The molecule has 1 saturated heterocycles. The molecule has 2 rings (SSSR count). The smallest absolute Gasteiger partial charge is 0.103 e. The summed E-state index contributed by atoms with van der Waals surface area (Å²) in [5.41, 5.74) is 1.56. The van der Waals surface area contributed by atoms with Crippen molar-refractivity contribution in [3.63, 3.8) is 0 Å². The molecule has 0 spiro atoms. The summed E-state index contributed by atoms with van der Waals surface area (Å²) in [6.45, 7) is 4.07. The first-order chi connectivity index (χ1) is 8.22. The van der Waals surface area contributed by atoms with Crippen LogP contribution >= 0.6 is 11.6 Å². The van der Waals surface area contributed by atoms with Gasteiger partial charge in [0.05, 0.1) is 16.3 Å². The molecular formula is C13H16ClN3. The molecule has 1 aliphatic heterocycles. The first-order valence-electron chi connectivity index (χ1n) is 5.84. The fourth-order valence-electron chi connectivity index (χ4n) is 2.17. The van der Waals surface area contributed by atoms with Crippen LogP contribution in [0.2, 0.25) is 5.02 Å². The summed E-state index contributed by atoms with van der Waals surface area (Å²) < 4.78 is 0. The van der Waals surface area contributed by atoms with Gasteiger partial charge in [0, 0.05) is 19.6 Å². The monoisotopic (exact) mass is 249 g/mol. The molecule has 0 aliphatic carbocycles. The van der Waals surface area contributed by atoms with E-state index in [9.17, 15) is 5.26 Å². The van der Waals surface area contributed by atoms with E-state index in [0.29, 0.717) is 10.6 Å². The van der Waals surface area contributed by atoms with Gasteiger partial charge in [-0.25, -0.2) is 0 Å². The van der Waals surface area contributed by atoms with E-state index in [2.05, 4.69) is 22.9 Å². The minimum Gasteiger partial charge on any atom is -0.369 e. The molecule has 4 heteroatoms. The third-order valence-corrected chi connectivity index (χ3v) is 3.48. The van der Waals surface area contributed by atoms with Crippen molar-refractivity contribution in [1.29, 1.82) is 5.26 Å². The summed E-state index contributed by atoms with van der Waals surface area (Å²) in [4.78, 5) is 4.57. The van der Waals surface area contributed by atoms with Crippen LogP contribution in [0, 0.1) is 11.3 Å². The van der Waals surface area contributed by atoms with E-state index >= 15 is 0 Å². The third kappa shape index (κ3) is 2.71. The van der Waals surface area contributed by atoms with Gasteiger partial charge in [0.25, 0.3) is 0 Å². The fourth-order valence-corrected chi connectivity index (χ4v) is 2.39. The summed E-state index contributed by atoms with van der Waals surface area (Å²) in [5, 5.41) is 9.72. The molecule has 0 N–H and O–H groups in total. The molecule has 0 atom stereocenters. The standard InChI is InChI=1S/C13H16ClN3/c1-16-6-3-7-17(9-8-16)13-5-2-4-12(14)11(13)10-15/h2,4-5H,3,6-9H2,1H3. The van der Waals surface area contributed by atoms with Crippen molar-refractivity contribution in [2.75, 3.05) is 38.1 Å². The maximum Gasteiger partial charge on any atom is 0.103 e. The predicted octanol–water partition coefficient (Wildman–Crippen LogP) is 2.35. The summed E-state index contributed by atoms with van der Waals surface area (Å²) >= 11 is 6.06. The second-order valence-corrected chi connectivity index (χ2v) is 4.80. The van der Waals surface area contributed by atoms with Crippen LogP contribution in [0.5, 0.6) is 0 Å². The SMILES string of the molecule is CN1CCCN(c2cccc(Cl)c2C#N)CC1. The molecule has 0 unspecified atom stereocenters. The second-order valence-electron chi connectivity index (χ2n) is 4.39. The lowest BCUT2D eigenvalue weighted by Gasteiger charge is -2.24. The highest BCUT2D eigenvalue weighted by molar-refractivity contribution is 6.32. The number of hydrogen-bond donors (Lipinski definition) is 0. The Labute approximate surface area is 107 Å². The molecule has 1 aromatic rings. The van der Waals surface area contributed by atoms with Crippen molar-refractivity contribution in [3.8, 4) is 6.07 Å². The van der Waals surface area contributed by atoms with Gasteiger partial charge < -0.3 is 9.80 Å². The summed E-state index contributed by atoms with van der Waals surface area (Å²) in [6, 6.07) is 7.87.